The number of aryl methyl sites for hydroxylation is 2. The van der Waals surface area contributed by atoms with Crippen LogP contribution in [0.5, 0.6) is 0 Å². The summed E-state index contributed by atoms with van der Waals surface area (Å²) in [6, 6.07) is 35.0. The van der Waals surface area contributed by atoms with Gasteiger partial charge in [0, 0.05) is 179 Å². The van der Waals surface area contributed by atoms with Gasteiger partial charge in [-0.1, -0.05) is 50.2 Å². The number of aliphatic carboxylic acids is 1. The molecule has 2 amide bonds. The number of nitrogens with zero attached hydrogens (tertiary/aromatic N) is 14. The Morgan fingerprint density at radius 3 is 1.33 bits per heavy atom. The molecular weight excluding hydrogens is 1160 g/mol. The van der Waals surface area contributed by atoms with E-state index in [9.17, 15) is 24.3 Å². The molecule has 92 heavy (non-hydrogen) atoms. The average molecular weight is 1230 g/mol. The first kappa shape index (κ1) is 63.5. The molecule has 8 heterocycles. The number of likely N-dealkylation sites (N-methyl/N-ethyl adjacent to an activating group) is 2. The van der Waals surface area contributed by atoms with Gasteiger partial charge in [0.25, 0.3) is 11.8 Å². The number of nitrogens with one attached hydrogen (secondary N) is 2. The number of ketones is 1. The van der Waals surface area contributed by atoms with Crippen LogP contribution < -0.4 is 10.6 Å². The summed E-state index contributed by atoms with van der Waals surface area (Å²) in [7, 11) is 4.31. The van der Waals surface area contributed by atoms with E-state index in [1.165, 1.54) is 11.1 Å². The molecule has 21 heteroatoms. The Labute approximate surface area is 535 Å². The molecule has 0 radical (unpaired) electrons. The van der Waals surface area contributed by atoms with Crippen LogP contribution in [0.2, 0.25) is 0 Å². The van der Waals surface area contributed by atoms with Crippen LogP contribution >= 0.6 is 0 Å². The third-order valence-electron chi connectivity index (χ3n) is 16.8. The predicted molar refractivity (Wildman–Crippen MR) is 357 cm³/mol. The molecule has 0 spiro atoms. The fourth-order valence-corrected chi connectivity index (χ4v) is 11.1. The Kier molecular flexibility index (Phi) is 20.2. The lowest BCUT2D eigenvalue weighted by Gasteiger charge is -2.32. The summed E-state index contributed by atoms with van der Waals surface area (Å²) in [5.74, 6) is -0.218. The third-order valence-corrected chi connectivity index (χ3v) is 16.8. The number of pyridine rings is 2. The second-order valence-electron chi connectivity index (χ2n) is 24.1. The van der Waals surface area contributed by atoms with Crippen LogP contribution in [0.1, 0.15) is 104 Å². The summed E-state index contributed by atoms with van der Waals surface area (Å²) in [6.45, 7) is 18.1. The number of Topliss-reactive ketones (excluding diaryl/α,β-unsaturated/α-hetero) is 1. The lowest BCUT2D eigenvalue weighted by molar-refractivity contribution is -0.129. The Hall–Kier alpha value is -10.1. The molecule has 4 aromatic carbocycles. The quantitative estimate of drug-likeness (QED) is 0.0682. The largest absolute Gasteiger partial charge is 0.477 e. The summed E-state index contributed by atoms with van der Waals surface area (Å²) < 4.78 is 0. The first-order valence-corrected chi connectivity index (χ1v) is 30.9. The van der Waals surface area contributed by atoms with E-state index in [0.29, 0.717) is 76.1 Å². The molecule has 2 fully saturated rings. The van der Waals surface area contributed by atoms with Crippen molar-refractivity contribution in [3.63, 3.8) is 0 Å². The Bertz CT molecular complexity index is 4170. The SMILES string of the molecule is Cc1ccc(NC(=O)c2ccc(CN3CCN(C)CC3)cc2)cc1Cc1nccc(-c2cncc(C3=NN=C(C(=O)C(C)C)C3)c2)n1.Cc1ccc(NC(=O)c2ccc(CN3CCN(C)CC3)cc2)cc1Cc1nccc(-c2cncc(C3=NN=C(C(=O)O)C3)c2)n1. The molecule has 468 valence electrons. The Morgan fingerprint density at radius 1 is 0.500 bits per heavy atom. The summed E-state index contributed by atoms with van der Waals surface area (Å²) in [6.07, 6.45) is 11.8. The number of benzene rings is 4. The van der Waals surface area contributed by atoms with E-state index >= 15 is 0 Å². The fourth-order valence-electron chi connectivity index (χ4n) is 11.1. The maximum Gasteiger partial charge on any atom is 0.352 e. The van der Waals surface area contributed by atoms with E-state index in [0.717, 1.165) is 116 Å². The van der Waals surface area contributed by atoms with Gasteiger partial charge >= 0.3 is 5.97 Å². The molecule has 0 atom stereocenters. The minimum Gasteiger partial charge on any atom is -0.477 e. The van der Waals surface area contributed by atoms with Crippen LogP contribution in [0.3, 0.4) is 0 Å². The van der Waals surface area contributed by atoms with Crippen molar-refractivity contribution in [2.24, 2.45) is 26.3 Å². The highest BCUT2D eigenvalue weighted by atomic mass is 16.4. The zero-order valence-corrected chi connectivity index (χ0v) is 52.7. The zero-order valence-electron chi connectivity index (χ0n) is 52.7. The lowest BCUT2D eigenvalue weighted by atomic mass is 9.98. The third kappa shape index (κ3) is 16.5. The van der Waals surface area contributed by atoms with Gasteiger partial charge in [0.1, 0.15) is 17.4 Å². The van der Waals surface area contributed by atoms with Crippen molar-refractivity contribution in [1.82, 2.24) is 49.5 Å². The van der Waals surface area contributed by atoms with Crippen molar-refractivity contribution < 1.29 is 24.3 Å². The normalized spacial score (nSPS) is 15.4. The molecule has 4 aromatic heterocycles. The second-order valence-corrected chi connectivity index (χ2v) is 24.1. The van der Waals surface area contributed by atoms with Crippen LogP contribution in [-0.4, -0.2) is 167 Å². The highest BCUT2D eigenvalue weighted by Crippen LogP contribution is 2.26. The Morgan fingerprint density at radius 2 is 0.913 bits per heavy atom. The Balaban J connectivity index is 0.000000189. The smallest absolute Gasteiger partial charge is 0.352 e. The number of hydrogen-bond donors (Lipinski definition) is 3. The topological polar surface area (TPSA) is 252 Å². The van der Waals surface area contributed by atoms with E-state index in [-0.39, 0.29) is 35.6 Å². The molecule has 2 saturated heterocycles. The number of anilines is 2. The van der Waals surface area contributed by atoms with Gasteiger partial charge in [0.05, 0.1) is 22.8 Å². The molecule has 21 nitrogen and oxygen atoms in total. The molecule has 12 rings (SSSR count). The molecule has 8 aromatic rings. The van der Waals surface area contributed by atoms with Crippen molar-refractivity contribution in [3.05, 3.63) is 214 Å². The van der Waals surface area contributed by atoms with E-state index < -0.39 is 5.97 Å². The second kappa shape index (κ2) is 29.3. The van der Waals surface area contributed by atoms with Crippen LogP contribution in [0.15, 0.2) is 167 Å². The van der Waals surface area contributed by atoms with Gasteiger partial charge in [-0.05, 0) is 134 Å². The van der Waals surface area contributed by atoms with Crippen molar-refractivity contribution >= 4 is 57.8 Å². The van der Waals surface area contributed by atoms with Gasteiger partial charge in [-0.2, -0.15) is 15.3 Å². The highest BCUT2D eigenvalue weighted by Gasteiger charge is 2.25. The standard InChI is InChI=1S/C37H40N8O2.C34H34N8O3/c1-24(2)36(46)34-20-33(42-43-34)30-17-29(21-38-22-30)32-11-12-39-35(41-32)19-28-18-31(10-5-25(28)3)40-37(47)27-8-6-26(7-9-27)23-45-15-13-44(4)14-16-45;1-22-3-8-28(37-33(43)24-6-4-23(5-7-24)21-42-13-11-41(2)12-14-42)16-25(22)17-32-36-10-9-29(38-32)26-15-27(20-35-19-26)30-18-31(34(44)45)40-39-30/h5-12,17-18,21-22,24H,13-16,19-20,23H2,1-4H3,(H,40,47);3-10,15-16,19-20H,11-14,17-18,21H2,1-2H3,(H,37,43)(H,44,45). The van der Waals surface area contributed by atoms with Crippen molar-refractivity contribution in [1.29, 1.82) is 0 Å². The van der Waals surface area contributed by atoms with Crippen molar-refractivity contribution in [2.45, 2.75) is 66.5 Å². The van der Waals surface area contributed by atoms with E-state index in [1.54, 1.807) is 43.2 Å². The number of aromatic nitrogens is 6. The van der Waals surface area contributed by atoms with Gasteiger partial charge in [-0.15, -0.1) is 5.10 Å². The number of carboxylic acids is 1. The molecule has 0 saturated carbocycles. The zero-order chi connectivity index (χ0) is 64.3. The van der Waals surface area contributed by atoms with Gasteiger partial charge in [-0.25, -0.2) is 24.7 Å². The van der Waals surface area contributed by atoms with Crippen molar-refractivity contribution in [2.75, 3.05) is 77.1 Å². The van der Waals surface area contributed by atoms with Crippen LogP contribution in [0.25, 0.3) is 22.5 Å². The first-order valence-electron chi connectivity index (χ1n) is 30.9. The van der Waals surface area contributed by atoms with Gasteiger partial charge in [0.15, 0.2) is 11.5 Å². The van der Waals surface area contributed by atoms with Crippen LogP contribution in [-0.2, 0) is 35.5 Å². The number of piperazine rings is 2. The minimum atomic E-state index is -1.08. The van der Waals surface area contributed by atoms with Gasteiger partial charge in [-0.3, -0.25) is 34.2 Å². The number of carbonyl (C=O) groups excluding carboxylic acids is 3. The predicted octanol–water partition coefficient (Wildman–Crippen LogP) is 9.28. The number of carbonyl (C=O) groups is 4. The molecule has 0 aliphatic carbocycles. The maximum atomic E-state index is 13.1. The minimum absolute atomic E-state index is 0.00291. The molecule has 4 aliphatic rings. The van der Waals surface area contributed by atoms with Crippen molar-refractivity contribution in [3.8, 4) is 22.5 Å². The van der Waals surface area contributed by atoms with Crippen LogP contribution in [0, 0.1) is 19.8 Å². The number of amides is 2. The summed E-state index contributed by atoms with van der Waals surface area (Å²) in [5.41, 5.74) is 15.5. The summed E-state index contributed by atoms with van der Waals surface area (Å²) >= 11 is 0. The fraction of sp³-hybridized carbons (Fsp3) is 0.296. The van der Waals surface area contributed by atoms with E-state index in [1.807, 2.05) is 131 Å². The van der Waals surface area contributed by atoms with Gasteiger partial charge in [0.2, 0.25) is 0 Å². The first-order chi connectivity index (χ1) is 44.5. The maximum absolute atomic E-state index is 13.1. The average Bonchev–Trinajstić information content (AvgIpc) is 1.64. The molecule has 0 unspecified atom stereocenters. The molecular formula is C71H74N16O5. The number of carboxylic acid groups (broad SMARTS) is 1. The molecule has 0 bridgehead atoms. The van der Waals surface area contributed by atoms with Crippen LogP contribution in [0.4, 0.5) is 11.4 Å². The van der Waals surface area contributed by atoms with Gasteiger partial charge < -0.3 is 25.5 Å². The van der Waals surface area contributed by atoms with E-state index in [4.69, 9.17) is 9.97 Å². The summed E-state index contributed by atoms with van der Waals surface area (Å²) in [4.78, 5) is 86.8. The molecule has 4 aliphatic heterocycles. The number of rotatable bonds is 19. The summed E-state index contributed by atoms with van der Waals surface area (Å²) in [5, 5.41) is 31.5. The highest BCUT2D eigenvalue weighted by molar-refractivity contribution is 6.45. The number of hydrogen-bond acceptors (Lipinski definition) is 18. The monoisotopic (exact) mass is 1230 g/mol. The lowest BCUT2D eigenvalue weighted by Crippen LogP contribution is -2.43. The van der Waals surface area contributed by atoms with E-state index in [2.05, 4.69) is 84.7 Å². The molecule has 3 N–H and O–H groups in total.